The van der Waals surface area contributed by atoms with Gasteiger partial charge in [0.2, 0.25) is 0 Å². The maximum absolute atomic E-state index is 12.8. The molecule has 26 heavy (non-hydrogen) atoms. The molecule has 0 radical (unpaired) electrons. The molecule has 1 N–H and O–H groups in total. The molecule has 4 nitrogen and oxygen atoms in total. The van der Waals surface area contributed by atoms with E-state index in [1.165, 1.54) is 12.8 Å². The molecule has 0 saturated heterocycles. The van der Waals surface area contributed by atoms with E-state index < -0.39 is 5.60 Å². The van der Waals surface area contributed by atoms with Crippen molar-refractivity contribution in [1.82, 2.24) is 10.3 Å². The molecule has 4 rings (SSSR count). The summed E-state index contributed by atoms with van der Waals surface area (Å²) in [7, 11) is 0. The summed E-state index contributed by atoms with van der Waals surface area (Å²) < 4.78 is 5.65. The molecule has 0 aliphatic heterocycles. The Kier molecular flexibility index (Phi) is 4.16. The third-order valence-electron chi connectivity index (χ3n) is 4.49. The molecule has 0 spiro atoms. The molecule has 1 aromatic heterocycles. The van der Waals surface area contributed by atoms with Crippen molar-refractivity contribution in [2.24, 2.45) is 0 Å². The number of carbonyl (C=O) groups is 1. The van der Waals surface area contributed by atoms with Crippen LogP contribution in [0.25, 0.3) is 21.8 Å². The summed E-state index contributed by atoms with van der Waals surface area (Å²) >= 11 is 0. The number of rotatable bonds is 4. The van der Waals surface area contributed by atoms with Gasteiger partial charge in [-0.1, -0.05) is 18.2 Å². The van der Waals surface area contributed by atoms with Gasteiger partial charge in [-0.05, 0) is 63.4 Å². The second-order valence-electron chi connectivity index (χ2n) is 8.05. The summed E-state index contributed by atoms with van der Waals surface area (Å²) in [5.74, 6) is -0.298. The highest BCUT2D eigenvalue weighted by molar-refractivity contribution is 6.07. The molecule has 0 atom stereocenters. The van der Waals surface area contributed by atoms with E-state index in [4.69, 9.17) is 9.72 Å². The minimum atomic E-state index is -0.532. The molecule has 1 saturated carbocycles. The van der Waals surface area contributed by atoms with Gasteiger partial charge in [-0.2, -0.15) is 0 Å². The molecule has 134 valence electrons. The number of hydrogen-bond donors (Lipinski definition) is 1. The van der Waals surface area contributed by atoms with Gasteiger partial charge in [0.15, 0.2) is 0 Å². The van der Waals surface area contributed by atoms with Crippen LogP contribution in [0.15, 0.2) is 42.5 Å². The van der Waals surface area contributed by atoms with E-state index in [0.29, 0.717) is 11.6 Å². The number of fused-ring (bicyclic) bond motifs is 2. The summed E-state index contributed by atoms with van der Waals surface area (Å²) in [5.41, 5.74) is 2.88. The Morgan fingerprint density at radius 1 is 1.15 bits per heavy atom. The molecular weight excluding hydrogens is 324 g/mol. The highest BCUT2D eigenvalue weighted by Crippen LogP contribution is 2.27. The van der Waals surface area contributed by atoms with E-state index in [1.54, 1.807) is 0 Å². The maximum atomic E-state index is 12.8. The Balaban J connectivity index is 1.83. The minimum absolute atomic E-state index is 0.298. The van der Waals surface area contributed by atoms with Crippen LogP contribution in [0, 0.1) is 0 Å². The fourth-order valence-corrected chi connectivity index (χ4v) is 3.09. The third kappa shape index (κ3) is 3.70. The zero-order valence-corrected chi connectivity index (χ0v) is 15.5. The number of aromatic nitrogens is 1. The molecule has 0 amide bonds. The van der Waals surface area contributed by atoms with Gasteiger partial charge in [-0.15, -0.1) is 0 Å². The van der Waals surface area contributed by atoms with Gasteiger partial charge >= 0.3 is 5.97 Å². The van der Waals surface area contributed by atoms with Crippen molar-refractivity contribution in [2.45, 2.75) is 51.8 Å². The van der Waals surface area contributed by atoms with Crippen molar-refractivity contribution in [3.05, 3.63) is 53.6 Å². The van der Waals surface area contributed by atoms with Crippen molar-refractivity contribution in [2.75, 3.05) is 0 Å². The van der Waals surface area contributed by atoms with Crippen molar-refractivity contribution in [3.63, 3.8) is 0 Å². The molecule has 1 fully saturated rings. The first-order valence-corrected chi connectivity index (χ1v) is 9.18. The lowest BCUT2D eigenvalue weighted by molar-refractivity contribution is 0.00717. The molecular formula is C22H24N2O2. The Labute approximate surface area is 153 Å². The second kappa shape index (κ2) is 6.36. The van der Waals surface area contributed by atoms with Crippen LogP contribution < -0.4 is 5.32 Å². The van der Waals surface area contributed by atoms with E-state index in [9.17, 15) is 4.79 Å². The fourth-order valence-electron chi connectivity index (χ4n) is 3.09. The largest absolute Gasteiger partial charge is 0.456 e. The van der Waals surface area contributed by atoms with Crippen molar-refractivity contribution in [3.8, 4) is 0 Å². The Morgan fingerprint density at radius 2 is 1.92 bits per heavy atom. The zero-order valence-electron chi connectivity index (χ0n) is 15.5. The predicted octanol–water partition coefficient (Wildman–Crippen LogP) is 4.60. The first kappa shape index (κ1) is 17.0. The molecule has 2 aromatic carbocycles. The van der Waals surface area contributed by atoms with Crippen LogP contribution in [0.3, 0.4) is 0 Å². The molecule has 0 unspecified atom stereocenters. The number of benzene rings is 2. The maximum Gasteiger partial charge on any atom is 0.339 e. The van der Waals surface area contributed by atoms with Crippen LogP contribution >= 0.6 is 0 Å². The molecule has 1 aliphatic rings. The molecule has 0 bridgehead atoms. The number of hydrogen-bond acceptors (Lipinski definition) is 4. The number of pyridine rings is 1. The first-order valence-electron chi connectivity index (χ1n) is 9.18. The molecule has 1 aliphatic carbocycles. The lowest BCUT2D eigenvalue weighted by Gasteiger charge is -2.20. The number of nitrogens with zero attached hydrogens (tertiary/aromatic N) is 1. The quantitative estimate of drug-likeness (QED) is 0.553. The normalized spacial score (nSPS) is 14.7. The molecule has 3 aromatic rings. The number of nitrogens with one attached hydrogen (secondary N) is 1. The van der Waals surface area contributed by atoms with Gasteiger partial charge in [0.05, 0.1) is 16.6 Å². The average molecular weight is 348 g/mol. The van der Waals surface area contributed by atoms with Gasteiger partial charge in [0, 0.05) is 23.4 Å². The Morgan fingerprint density at radius 3 is 2.65 bits per heavy atom. The Hall–Kier alpha value is -2.46. The number of para-hydroxylation sites is 1. The van der Waals surface area contributed by atoms with Crippen LogP contribution in [0.2, 0.25) is 0 Å². The summed E-state index contributed by atoms with van der Waals surface area (Å²) in [6.07, 6.45) is 2.46. The van der Waals surface area contributed by atoms with E-state index >= 15 is 0 Å². The monoisotopic (exact) mass is 348 g/mol. The predicted molar refractivity (Wildman–Crippen MR) is 104 cm³/mol. The SMILES string of the molecule is CC(C)(C)OC(=O)c1cc(CNC2CC2)cc2nc3ccccc3cc12. The van der Waals surface area contributed by atoms with Crippen LogP contribution in [0.4, 0.5) is 0 Å². The van der Waals surface area contributed by atoms with E-state index in [0.717, 1.165) is 33.9 Å². The second-order valence-corrected chi connectivity index (χ2v) is 8.05. The smallest absolute Gasteiger partial charge is 0.339 e. The fraction of sp³-hybridized carbons (Fsp3) is 0.364. The highest BCUT2D eigenvalue weighted by Gasteiger charge is 2.23. The minimum Gasteiger partial charge on any atom is -0.456 e. The number of carbonyl (C=O) groups excluding carboxylic acids is 1. The van der Waals surface area contributed by atoms with Gasteiger partial charge in [-0.3, -0.25) is 0 Å². The lowest BCUT2D eigenvalue weighted by atomic mass is 10.0. The summed E-state index contributed by atoms with van der Waals surface area (Å²) in [6, 6.07) is 14.6. The standard InChI is InChI=1S/C22H24N2O2/c1-22(2,3)26-21(25)18-10-14(13-23-16-8-9-16)11-20-17(18)12-15-6-4-5-7-19(15)24-20/h4-7,10-12,16,23H,8-9,13H2,1-3H3. The van der Waals surface area contributed by atoms with E-state index in [2.05, 4.69) is 11.4 Å². The van der Waals surface area contributed by atoms with Crippen LogP contribution in [0.5, 0.6) is 0 Å². The molecule has 4 heteroatoms. The third-order valence-corrected chi connectivity index (χ3v) is 4.49. The molecule has 1 heterocycles. The van der Waals surface area contributed by atoms with Gasteiger partial charge in [0.25, 0.3) is 0 Å². The van der Waals surface area contributed by atoms with Crippen molar-refractivity contribution >= 4 is 27.8 Å². The highest BCUT2D eigenvalue weighted by atomic mass is 16.6. The number of ether oxygens (including phenoxy) is 1. The van der Waals surface area contributed by atoms with Crippen LogP contribution in [-0.2, 0) is 11.3 Å². The van der Waals surface area contributed by atoms with Gasteiger partial charge < -0.3 is 10.1 Å². The average Bonchev–Trinajstić information content (AvgIpc) is 3.40. The lowest BCUT2D eigenvalue weighted by Crippen LogP contribution is -2.24. The van der Waals surface area contributed by atoms with Crippen molar-refractivity contribution in [1.29, 1.82) is 0 Å². The first-order chi connectivity index (χ1) is 12.4. The number of esters is 1. The van der Waals surface area contributed by atoms with Crippen LogP contribution in [0.1, 0.15) is 49.5 Å². The zero-order chi connectivity index (χ0) is 18.3. The van der Waals surface area contributed by atoms with E-state index in [-0.39, 0.29) is 5.97 Å². The van der Waals surface area contributed by atoms with Gasteiger partial charge in [0.1, 0.15) is 5.60 Å². The topological polar surface area (TPSA) is 51.2 Å². The van der Waals surface area contributed by atoms with Gasteiger partial charge in [-0.25, -0.2) is 9.78 Å². The van der Waals surface area contributed by atoms with E-state index in [1.807, 2.05) is 57.2 Å². The summed E-state index contributed by atoms with van der Waals surface area (Å²) in [6.45, 7) is 6.41. The summed E-state index contributed by atoms with van der Waals surface area (Å²) in [5, 5.41) is 5.37. The summed E-state index contributed by atoms with van der Waals surface area (Å²) in [4.78, 5) is 17.6. The van der Waals surface area contributed by atoms with Crippen molar-refractivity contribution < 1.29 is 9.53 Å². The Bertz CT molecular complexity index is 985. The van der Waals surface area contributed by atoms with Crippen LogP contribution in [-0.4, -0.2) is 22.6 Å².